The van der Waals surface area contributed by atoms with Gasteiger partial charge in [-0.2, -0.15) is 0 Å². The number of benzene rings is 1. The molecule has 0 aliphatic carbocycles. The van der Waals surface area contributed by atoms with Gasteiger partial charge in [0.1, 0.15) is 0 Å². The highest BCUT2D eigenvalue weighted by Crippen LogP contribution is 2.22. The van der Waals surface area contributed by atoms with Crippen molar-refractivity contribution in [1.82, 2.24) is 4.31 Å². The van der Waals surface area contributed by atoms with E-state index < -0.39 is 21.1 Å². The van der Waals surface area contributed by atoms with Crippen LogP contribution in [0.5, 0.6) is 0 Å². The Morgan fingerprint density at radius 1 is 1.38 bits per heavy atom. The van der Waals surface area contributed by atoms with Crippen molar-refractivity contribution in [3.63, 3.8) is 0 Å². The predicted octanol–water partition coefficient (Wildman–Crippen LogP) is 1.13. The first kappa shape index (κ1) is 15.9. The van der Waals surface area contributed by atoms with Crippen LogP contribution in [0.25, 0.3) is 0 Å². The average molecular weight is 314 g/mol. The van der Waals surface area contributed by atoms with Crippen LogP contribution in [-0.4, -0.2) is 41.9 Å². The molecular formula is C13H18N2O5S. The molecule has 1 aliphatic heterocycles. The lowest BCUT2D eigenvalue weighted by molar-refractivity contribution is -0.384. The van der Waals surface area contributed by atoms with Gasteiger partial charge in [-0.15, -0.1) is 0 Å². The van der Waals surface area contributed by atoms with Gasteiger partial charge in [0.25, 0.3) is 5.69 Å². The molecule has 1 aromatic rings. The Bertz CT molecular complexity index is 614. The second-order valence-electron chi connectivity index (χ2n) is 5.37. The summed E-state index contributed by atoms with van der Waals surface area (Å²) in [5.74, 6) is -0.279. The van der Waals surface area contributed by atoms with Crippen molar-refractivity contribution in [2.24, 2.45) is 5.92 Å². The van der Waals surface area contributed by atoms with E-state index in [9.17, 15) is 23.6 Å². The fourth-order valence-corrected chi connectivity index (χ4v) is 4.01. The van der Waals surface area contributed by atoms with Crippen LogP contribution >= 0.6 is 0 Å². The van der Waals surface area contributed by atoms with E-state index in [0.717, 1.165) is 0 Å². The van der Waals surface area contributed by atoms with E-state index in [1.54, 1.807) is 0 Å². The Labute approximate surface area is 123 Å². The Balaban J connectivity index is 2.08. The van der Waals surface area contributed by atoms with Crippen LogP contribution < -0.4 is 0 Å². The molecule has 8 heteroatoms. The van der Waals surface area contributed by atoms with Gasteiger partial charge in [-0.25, -0.2) is 12.7 Å². The van der Waals surface area contributed by atoms with Crippen molar-refractivity contribution in [3.05, 3.63) is 39.9 Å². The number of sulfonamides is 1. The minimum atomic E-state index is -3.47. The lowest BCUT2D eigenvalue weighted by Gasteiger charge is -2.33. The van der Waals surface area contributed by atoms with Crippen molar-refractivity contribution in [1.29, 1.82) is 0 Å². The van der Waals surface area contributed by atoms with Crippen LogP contribution in [0.1, 0.15) is 18.9 Å². The molecule has 1 fully saturated rings. The summed E-state index contributed by atoms with van der Waals surface area (Å²) >= 11 is 0. The number of non-ortho nitro benzene ring substituents is 1. The smallest absolute Gasteiger partial charge is 0.269 e. The molecule has 1 saturated heterocycles. The standard InChI is InChI=1S/C13H18N2O5S/c1-10-8-14(7-6-13(10)16)21(19,20)9-11-2-4-12(5-3-11)15(17)18/h2-5,10,13,16H,6-9H2,1H3. The fraction of sp³-hybridized carbons (Fsp3) is 0.538. The van der Waals surface area contributed by atoms with Gasteiger partial charge in [0.2, 0.25) is 10.0 Å². The molecule has 0 bridgehead atoms. The average Bonchev–Trinajstić information content (AvgIpc) is 2.42. The summed E-state index contributed by atoms with van der Waals surface area (Å²) in [7, 11) is -3.47. The molecule has 116 valence electrons. The van der Waals surface area contributed by atoms with Gasteiger partial charge in [-0.05, 0) is 17.9 Å². The summed E-state index contributed by atoms with van der Waals surface area (Å²) in [5, 5.41) is 20.2. The second-order valence-corrected chi connectivity index (χ2v) is 7.34. The lowest BCUT2D eigenvalue weighted by atomic mass is 9.99. The summed E-state index contributed by atoms with van der Waals surface area (Å²) in [6, 6.07) is 5.51. The highest BCUT2D eigenvalue weighted by atomic mass is 32.2. The zero-order valence-electron chi connectivity index (χ0n) is 11.7. The van der Waals surface area contributed by atoms with Crippen molar-refractivity contribution in [3.8, 4) is 0 Å². The molecule has 0 radical (unpaired) electrons. The van der Waals surface area contributed by atoms with Gasteiger partial charge in [-0.1, -0.05) is 19.1 Å². The van der Waals surface area contributed by atoms with E-state index in [1.165, 1.54) is 28.6 Å². The number of nitrogens with zero attached hydrogens (tertiary/aromatic N) is 2. The topological polar surface area (TPSA) is 101 Å². The van der Waals surface area contributed by atoms with Crippen LogP contribution in [0.4, 0.5) is 5.69 Å². The van der Waals surface area contributed by atoms with Crippen molar-refractivity contribution >= 4 is 15.7 Å². The van der Waals surface area contributed by atoms with Gasteiger partial charge in [0.15, 0.2) is 0 Å². The first-order valence-electron chi connectivity index (χ1n) is 6.69. The zero-order valence-corrected chi connectivity index (χ0v) is 12.5. The molecule has 7 nitrogen and oxygen atoms in total. The minimum Gasteiger partial charge on any atom is -0.393 e. The molecule has 0 spiro atoms. The van der Waals surface area contributed by atoms with E-state index in [0.29, 0.717) is 25.1 Å². The summed E-state index contributed by atoms with van der Waals surface area (Å²) in [4.78, 5) is 10.0. The maximum absolute atomic E-state index is 12.3. The largest absolute Gasteiger partial charge is 0.393 e. The number of rotatable bonds is 4. The van der Waals surface area contributed by atoms with E-state index in [2.05, 4.69) is 0 Å². The fourth-order valence-electron chi connectivity index (χ4n) is 2.36. The zero-order chi connectivity index (χ0) is 15.6. The SMILES string of the molecule is CC1CN(S(=O)(=O)Cc2ccc([N+](=O)[O-])cc2)CCC1O. The molecule has 0 aromatic heterocycles. The quantitative estimate of drug-likeness (QED) is 0.663. The Morgan fingerprint density at radius 3 is 2.52 bits per heavy atom. The van der Waals surface area contributed by atoms with Crippen molar-refractivity contribution in [2.45, 2.75) is 25.2 Å². The maximum Gasteiger partial charge on any atom is 0.269 e. The summed E-state index contributed by atoms with van der Waals surface area (Å²) in [6.07, 6.45) is -0.0310. The number of nitro groups is 1. The third-order valence-electron chi connectivity index (χ3n) is 3.71. The Morgan fingerprint density at radius 2 is 2.00 bits per heavy atom. The maximum atomic E-state index is 12.3. The summed E-state index contributed by atoms with van der Waals surface area (Å²) in [6.45, 7) is 2.43. The molecular weight excluding hydrogens is 296 g/mol. The molecule has 2 rings (SSSR count). The Kier molecular flexibility index (Phi) is 4.60. The van der Waals surface area contributed by atoms with Gasteiger partial charge >= 0.3 is 0 Å². The summed E-state index contributed by atoms with van der Waals surface area (Å²) < 4.78 is 26.1. The van der Waals surface area contributed by atoms with Crippen molar-refractivity contribution in [2.75, 3.05) is 13.1 Å². The molecule has 1 aliphatic rings. The first-order chi connectivity index (χ1) is 9.79. The highest BCUT2D eigenvalue weighted by molar-refractivity contribution is 7.88. The molecule has 1 N–H and O–H groups in total. The van der Waals surface area contributed by atoms with Gasteiger partial charge in [0, 0.05) is 25.2 Å². The first-order valence-corrected chi connectivity index (χ1v) is 8.30. The molecule has 0 saturated carbocycles. The van der Waals surface area contributed by atoms with Gasteiger partial charge in [0.05, 0.1) is 16.8 Å². The monoisotopic (exact) mass is 314 g/mol. The number of hydrogen-bond acceptors (Lipinski definition) is 5. The number of aliphatic hydroxyl groups excluding tert-OH is 1. The molecule has 1 aromatic carbocycles. The van der Waals surface area contributed by atoms with E-state index in [-0.39, 0.29) is 17.4 Å². The van der Waals surface area contributed by atoms with Crippen LogP contribution in [0, 0.1) is 16.0 Å². The van der Waals surface area contributed by atoms with Crippen LogP contribution in [0.3, 0.4) is 0 Å². The van der Waals surface area contributed by atoms with E-state index in [1.807, 2.05) is 6.92 Å². The molecule has 2 unspecified atom stereocenters. The minimum absolute atomic E-state index is 0.0640. The molecule has 1 heterocycles. The van der Waals surface area contributed by atoms with Gasteiger partial charge < -0.3 is 5.11 Å². The third kappa shape index (κ3) is 3.78. The summed E-state index contributed by atoms with van der Waals surface area (Å²) in [5.41, 5.74) is 0.449. The molecule has 0 amide bonds. The van der Waals surface area contributed by atoms with E-state index in [4.69, 9.17) is 0 Å². The van der Waals surface area contributed by atoms with Crippen LogP contribution in [-0.2, 0) is 15.8 Å². The Hall–Kier alpha value is -1.51. The normalized spacial score (nSPS) is 23.9. The van der Waals surface area contributed by atoms with Crippen LogP contribution in [0.2, 0.25) is 0 Å². The highest BCUT2D eigenvalue weighted by Gasteiger charge is 2.31. The van der Waals surface area contributed by atoms with E-state index >= 15 is 0 Å². The number of aliphatic hydroxyl groups is 1. The molecule has 21 heavy (non-hydrogen) atoms. The number of hydrogen-bond donors (Lipinski definition) is 1. The second kappa shape index (κ2) is 6.08. The van der Waals surface area contributed by atoms with Crippen LogP contribution in [0.15, 0.2) is 24.3 Å². The molecule has 2 atom stereocenters. The van der Waals surface area contributed by atoms with Crippen molar-refractivity contribution < 1.29 is 18.4 Å². The third-order valence-corrected chi connectivity index (χ3v) is 5.53. The number of piperidine rings is 1. The lowest BCUT2D eigenvalue weighted by Crippen LogP contribution is -2.45. The predicted molar refractivity (Wildman–Crippen MR) is 77.1 cm³/mol. The van der Waals surface area contributed by atoms with Gasteiger partial charge in [-0.3, -0.25) is 10.1 Å². The number of nitro benzene ring substituents is 1.